The molecule has 0 fully saturated rings. The molecule has 3 nitrogen and oxygen atoms in total. The van der Waals surface area contributed by atoms with Crippen molar-refractivity contribution in [3.8, 4) is 5.75 Å². The third kappa shape index (κ3) is 3.79. The number of ether oxygens (including phenoxy) is 1. The minimum Gasteiger partial charge on any atom is -0.490 e. The van der Waals surface area contributed by atoms with Gasteiger partial charge >= 0.3 is 7.12 Å². The Balaban J connectivity index is 1.92. The van der Waals surface area contributed by atoms with Crippen molar-refractivity contribution >= 4 is 12.6 Å². The van der Waals surface area contributed by atoms with Crippen LogP contribution in [0.1, 0.15) is 5.56 Å². The van der Waals surface area contributed by atoms with E-state index in [1.54, 1.807) is 12.1 Å². The second-order valence-electron chi connectivity index (χ2n) is 4.29. The Morgan fingerprint density at radius 1 is 1.00 bits per heavy atom. The van der Waals surface area contributed by atoms with Gasteiger partial charge in [-0.25, -0.2) is 8.78 Å². The number of benzene rings is 2. The molecule has 0 unspecified atom stereocenters. The molecule has 2 rings (SSSR count). The molecule has 0 radical (unpaired) electrons. The minimum absolute atomic E-state index is 0.0384. The summed E-state index contributed by atoms with van der Waals surface area (Å²) in [6, 6.07) is 9.72. The predicted octanol–water partition coefficient (Wildman–Crippen LogP) is 1.27. The van der Waals surface area contributed by atoms with Gasteiger partial charge < -0.3 is 14.8 Å². The molecule has 0 aromatic heterocycles. The molecular formula is C14H13BF2O3. The molecule has 104 valence electrons. The van der Waals surface area contributed by atoms with E-state index in [1.165, 1.54) is 24.3 Å². The lowest BCUT2D eigenvalue weighted by molar-refractivity contribution is 0.305. The van der Waals surface area contributed by atoms with Gasteiger partial charge in [0.05, 0.1) is 6.61 Å². The van der Waals surface area contributed by atoms with Gasteiger partial charge in [0, 0.05) is 6.42 Å². The fourth-order valence-electron chi connectivity index (χ4n) is 1.72. The second kappa shape index (κ2) is 6.50. The van der Waals surface area contributed by atoms with Gasteiger partial charge in [-0.3, -0.25) is 0 Å². The Kier molecular flexibility index (Phi) is 4.71. The van der Waals surface area contributed by atoms with Crippen LogP contribution in [0.15, 0.2) is 42.5 Å². The summed E-state index contributed by atoms with van der Waals surface area (Å²) in [5.41, 5.74) is 0.947. The summed E-state index contributed by atoms with van der Waals surface area (Å²) in [7, 11) is -1.71. The van der Waals surface area contributed by atoms with Crippen molar-refractivity contribution in [2.45, 2.75) is 6.42 Å². The van der Waals surface area contributed by atoms with Crippen LogP contribution < -0.4 is 10.2 Å². The van der Waals surface area contributed by atoms with Gasteiger partial charge in [0.2, 0.25) is 0 Å². The highest BCUT2D eigenvalue weighted by atomic mass is 19.1. The van der Waals surface area contributed by atoms with Gasteiger partial charge in [-0.05, 0) is 35.3 Å². The molecule has 2 aromatic carbocycles. The first-order valence-corrected chi connectivity index (χ1v) is 6.09. The number of rotatable bonds is 5. The highest BCUT2D eigenvalue weighted by Crippen LogP contribution is 2.15. The van der Waals surface area contributed by atoms with E-state index in [0.717, 1.165) is 11.6 Å². The number of hydrogen-bond acceptors (Lipinski definition) is 3. The second-order valence-corrected chi connectivity index (χ2v) is 4.29. The molecule has 2 aromatic rings. The summed E-state index contributed by atoms with van der Waals surface area (Å²) in [4.78, 5) is 0. The zero-order valence-electron chi connectivity index (χ0n) is 10.6. The first-order chi connectivity index (χ1) is 9.56. The Morgan fingerprint density at radius 3 is 2.30 bits per heavy atom. The normalized spacial score (nSPS) is 10.4. The van der Waals surface area contributed by atoms with Crippen molar-refractivity contribution in [3.05, 3.63) is 59.7 Å². The van der Waals surface area contributed by atoms with E-state index in [4.69, 9.17) is 14.8 Å². The Labute approximate surface area is 115 Å². The SMILES string of the molecule is OB(O)c1ccc(OCCc2ccc(F)cc2)c(F)c1. The molecule has 0 amide bonds. The molecule has 0 saturated heterocycles. The largest absolute Gasteiger partial charge is 0.490 e. The van der Waals surface area contributed by atoms with Crippen molar-refractivity contribution in [1.29, 1.82) is 0 Å². The maximum Gasteiger partial charge on any atom is 0.488 e. The van der Waals surface area contributed by atoms with Gasteiger partial charge in [0.1, 0.15) is 5.82 Å². The minimum atomic E-state index is -1.71. The van der Waals surface area contributed by atoms with Crippen LogP contribution in [-0.2, 0) is 6.42 Å². The van der Waals surface area contributed by atoms with Crippen molar-refractivity contribution in [1.82, 2.24) is 0 Å². The standard InChI is InChI=1S/C14H13BF2O3/c16-12-4-1-10(2-5-12)7-8-20-14-6-3-11(15(18)19)9-13(14)17/h1-6,9,18-19H,7-8H2. The quantitative estimate of drug-likeness (QED) is 0.810. The smallest absolute Gasteiger partial charge is 0.488 e. The predicted molar refractivity (Wildman–Crippen MR) is 71.8 cm³/mol. The van der Waals surface area contributed by atoms with Gasteiger partial charge in [-0.2, -0.15) is 0 Å². The van der Waals surface area contributed by atoms with Crippen LogP contribution in [0.25, 0.3) is 0 Å². The van der Waals surface area contributed by atoms with Gasteiger partial charge in [-0.15, -0.1) is 0 Å². The molecule has 0 aliphatic heterocycles. The van der Waals surface area contributed by atoms with Crippen LogP contribution in [0.2, 0.25) is 0 Å². The molecule has 0 bridgehead atoms. The zero-order valence-corrected chi connectivity index (χ0v) is 10.6. The van der Waals surface area contributed by atoms with Crippen LogP contribution in [0.5, 0.6) is 5.75 Å². The third-order valence-corrected chi connectivity index (χ3v) is 2.82. The maximum absolute atomic E-state index is 13.6. The van der Waals surface area contributed by atoms with Gasteiger partial charge in [0.25, 0.3) is 0 Å². The monoisotopic (exact) mass is 278 g/mol. The van der Waals surface area contributed by atoms with Gasteiger partial charge in [0.15, 0.2) is 11.6 Å². The molecule has 0 spiro atoms. The summed E-state index contributed by atoms with van der Waals surface area (Å²) in [6.07, 6.45) is 0.518. The molecular weight excluding hydrogens is 265 g/mol. The van der Waals surface area contributed by atoms with Crippen molar-refractivity contribution in [2.75, 3.05) is 6.61 Å². The van der Waals surface area contributed by atoms with E-state index < -0.39 is 12.9 Å². The van der Waals surface area contributed by atoms with Crippen LogP contribution in [-0.4, -0.2) is 23.8 Å². The van der Waals surface area contributed by atoms with E-state index in [1.807, 2.05) is 0 Å². The maximum atomic E-state index is 13.6. The molecule has 6 heteroatoms. The number of hydrogen-bond donors (Lipinski definition) is 2. The van der Waals surface area contributed by atoms with Gasteiger partial charge in [-0.1, -0.05) is 18.2 Å². The Morgan fingerprint density at radius 2 is 1.70 bits per heavy atom. The summed E-state index contributed by atoms with van der Waals surface area (Å²) in [5, 5.41) is 17.8. The van der Waals surface area contributed by atoms with Crippen LogP contribution in [0, 0.1) is 11.6 Å². The Bertz CT molecular complexity index is 573. The summed E-state index contributed by atoms with van der Waals surface area (Å²) in [5.74, 6) is -0.926. The fourth-order valence-corrected chi connectivity index (χ4v) is 1.72. The lowest BCUT2D eigenvalue weighted by Crippen LogP contribution is -2.30. The first-order valence-electron chi connectivity index (χ1n) is 6.09. The fraction of sp³-hybridized carbons (Fsp3) is 0.143. The highest BCUT2D eigenvalue weighted by Gasteiger charge is 2.13. The highest BCUT2D eigenvalue weighted by molar-refractivity contribution is 6.58. The average molecular weight is 278 g/mol. The zero-order chi connectivity index (χ0) is 14.5. The molecule has 0 saturated carbocycles. The van der Waals surface area contributed by atoms with Crippen LogP contribution in [0.4, 0.5) is 8.78 Å². The van der Waals surface area contributed by atoms with Crippen molar-refractivity contribution in [2.24, 2.45) is 0 Å². The molecule has 0 atom stereocenters. The first kappa shape index (κ1) is 14.5. The molecule has 0 heterocycles. The molecule has 0 aliphatic carbocycles. The topological polar surface area (TPSA) is 49.7 Å². The van der Waals surface area contributed by atoms with Crippen molar-refractivity contribution in [3.63, 3.8) is 0 Å². The van der Waals surface area contributed by atoms with E-state index in [-0.39, 0.29) is 23.6 Å². The summed E-state index contributed by atoms with van der Waals surface area (Å²) < 4.78 is 31.6. The lowest BCUT2D eigenvalue weighted by atomic mass is 9.80. The molecule has 0 aliphatic rings. The Hall–Kier alpha value is -1.92. The van der Waals surface area contributed by atoms with E-state index in [0.29, 0.717) is 6.42 Å². The molecule has 20 heavy (non-hydrogen) atoms. The van der Waals surface area contributed by atoms with E-state index in [9.17, 15) is 8.78 Å². The van der Waals surface area contributed by atoms with Crippen LogP contribution >= 0.6 is 0 Å². The number of halogens is 2. The average Bonchev–Trinajstić information content (AvgIpc) is 2.42. The molecule has 2 N–H and O–H groups in total. The van der Waals surface area contributed by atoms with E-state index in [2.05, 4.69) is 0 Å². The summed E-state index contributed by atoms with van der Waals surface area (Å²) >= 11 is 0. The third-order valence-electron chi connectivity index (χ3n) is 2.82. The lowest BCUT2D eigenvalue weighted by Gasteiger charge is -2.08. The van der Waals surface area contributed by atoms with Crippen molar-refractivity contribution < 1.29 is 23.6 Å². The summed E-state index contributed by atoms with van der Waals surface area (Å²) in [6.45, 7) is 0.240. The van der Waals surface area contributed by atoms with E-state index >= 15 is 0 Å². The van der Waals surface area contributed by atoms with Crippen LogP contribution in [0.3, 0.4) is 0 Å².